The third kappa shape index (κ3) is 2.83. The van der Waals surface area contributed by atoms with Crippen LogP contribution in [-0.4, -0.2) is 14.1 Å². The lowest BCUT2D eigenvalue weighted by Gasteiger charge is -2.12. The SMILES string of the molecule is C#CCCc1ccc(N(C)C)cc1. The van der Waals surface area contributed by atoms with E-state index in [0.717, 1.165) is 12.8 Å². The van der Waals surface area contributed by atoms with Crippen molar-refractivity contribution in [3.05, 3.63) is 29.8 Å². The third-order valence-electron chi connectivity index (χ3n) is 2.01. The summed E-state index contributed by atoms with van der Waals surface area (Å²) in [5.74, 6) is 2.64. The van der Waals surface area contributed by atoms with Gasteiger partial charge in [-0.15, -0.1) is 12.3 Å². The van der Waals surface area contributed by atoms with E-state index in [4.69, 9.17) is 6.42 Å². The quantitative estimate of drug-likeness (QED) is 0.634. The first-order chi connectivity index (χ1) is 6.24. The van der Waals surface area contributed by atoms with E-state index in [0.29, 0.717) is 0 Å². The summed E-state index contributed by atoms with van der Waals surface area (Å²) < 4.78 is 0. The molecule has 0 saturated heterocycles. The number of aryl methyl sites for hydroxylation is 1. The Balaban J connectivity index is 2.65. The van der Waals surface area contributed by atoms with Gasteiger partial charge in [0.1, 0.15) is 0 Å². The van der Waals surface area contributed by atoms with Gasteiger partial charge in [-0.2, -0.15) is 0 Å². The summed E-state index contributed by atoms with van der Waals surface area (Å²) in [4.78, 5) is 2.09. The third-order valence-corrected chi connectivity index (χ3v) is 2.01. The molecule has 0 spiro atoms. The van der Waals surface area contributed by atoms with Crippen LogP contribution in [0.2, 0.25) is 0 Å². The van der Waals surface area contributed by atoms with E-state index in [2.05, 4.69) is 35.1 Å². The summed E-state index contributed by atoms with van der Waals surface area (Å²) in [6, 6.07) is 8.50. The van der Waals surface area contributed by atoms with Gasteiger partial charge in [-0.05, 0) is 24.1 Å². The number of hydrogen-bond acceptors (Lipinski definition) is 1. The second-order valence-electron chi connectivity index (χ2n) is 3.26. The highest BCUT2D eigenvalue weighted by molar-refractivity contribution is 5.46. The number of benzene rings is 1. The lowest BCUT2D eigenvalue weighted by Crippen LogP contribution is -2.08. The maximum absolute atomic E-state index is 5.20. The number of rotatable bonds is 3. The monoisotopic (exact) mass is 173 g/mol. The maximum Gasteiger partial charge on any atom is 0.0361 e. The normalized spacial score (nSPS) is 9.31. The van der Waals surface area contributed by atoms with Crippen LogP contribution in [-0.2, 0) is 6.42 Å². The van der Waals surface area contributed by atoms with Crippen molar-refractivity contribution in [3.8, 4) is 12.3 Å². The fourth-order valence-electron chi connectivity index (χ4n) is 1.18. The second-order valence-corrected chi connectivity index (χ2v) is 3.26. The summed E-state index contributed by atoms with van der Waals surface area (Å²) in [5.41, 5.74) is 2.54. The van der Waals surface area contributed by atoms with E-state index in [1.165, 1.54) is 11.3 Å². The van der Waals surface area contributed by atoms with Crippen molar-refractivity contribution >= 4 is 5.69 Å². The van der Waals surface area contributed by atoms with Gasteiger partial charge < -0.3 is 4.90 Å². The van der Waals surface area contributed by atoms with Gasteiger partial charge >= 0.3 is 0 Å². The molecule has 13 heavy (non-hydrogen) atoms. The summed E-state index contributed by atoms with van der Waals surface area (Å²) in [6.45, 7) is 0. The van der Waals surface area contributed by atoms with Crippen LogP contribution >= 0.6 is 0 Å². The molecule has 0 aliphatic carbocycles. The molecule has 68 valence electrons. The number of nitrogens with zero attached hydrogens (tertiary/aromatic N) is 1. The van der Waals surface area contributed by atoms with Crippen molar-refractivity contribution in [2.45, 2.75) is 12.8 Å². The van der Waals surface area contributed by atoms with Gasteiger partial charge in [-0.25, -0.2) is 0 Å². The molecular weight excluding hydrogens is 158 g/mol. The number of terminal acetylenes is 1. The van der Waals surface area contributed by atoms with Crippen molar-refractivity contribution in [2.24, 2.45) is 0 Å². The Labute approximate surface area is 80.4 Å². The van der Waals surface area contributed by atoms with Crippen LogP contribution in [0.4, 0.5) is 5.69 Å². The van der Waals surface area contributed by atoms with E-state index < -0.39 is 0 Å². The molecule has 0 aliphatic rings. The van der Waals surface area contributed by atoms with Crippen LogP contribution < -0.4 is 4.90 Å². The van der Waals surface area contributed by atoms with E-state index >= 15 is 0 Å². The molecule has 0 unspecified atom stereocenters. The average molecular weight is 173 g/mol. The molecule has 0 atom stereocenters. The summed E-state index contributed by atoms with van der Waals surface area (Å²) in [7, 11) is 4.08. The number of anilines is 1. The molecule has 0 aliphatic heterocycles. The Bertz CT molecular complexity index is 290. The Hall–Kier alpha value is -1.42. The first kappa shape index (κ1) is 9.67. The van der Waals surface area contributed by atoms with Gasteiger partial charge in [0.2, 0.25) is 0 Å². The van der Waals surface area contributed by atoms with Gasteiger partial charge in [-0.1, -0.05) is 12.1 Å². The highest BCUT2D eigenvalue weighted by atomic mass is 15.1. The molecule has 0 amide bonds. The van der Waals surface area contributed by atoms with Gasteiger partial charge in [-0.3, -0.25) is 0 Å². The van der Waals surface area contributed by atoms with Crippen LogP contribution in [0.25, 0.3) is 0 Å². The van der Waals surface area contributed by atoms with Crippen molar-refractivity contribution in [1.29, 1.82) is 0 Å². The standard InChI is InChI=1S/C12H15N/c1-4-5-6-11-7-9-12(10-8-11)13(2)3/h1,7-10H,5-6H2,2-3H3. The molecule has 0 bridgehead atoms. The van der Waals surface area contributed by atoms with Crippen LogP contribution in [0.15, 0.2) is 24.3 Å². The molecular formula is C12H15N. The molecule has 0 N–H and O–H groups in total. The lowest BCUT2D eigenvalue weighted by molar-refractivity contribution is 1.03. The zero-order valence-electron chi connectivity index (χ0n) is 8.25. The minimum Gasteiger partial charge on any atom is -0.378 e. The minimum absolute atomic E-state index is 0.821. The molecule has 0 saturated carbocycles. The Morgan fingerprint density at radius 1 is 1.23 bits per heavy atom. The van der Waals surface area contributed by atoms with Crippen molar-refractivity contribution in [1.82, 2.24) is 0 Å². The Morgan fingerprint density at radius 3 is 2.31 bits per heavy atom. The molecule has 0 aromatic heterocycles. The van der Waals surface area contributed by atoms with E-state index in [1.807, 2.05) is 14.1 Å². The van der Waals surface area contributed by atoms with E-state index in [1.54, 1.807) is 0 Å². The van der Waals surface area contributed by atoms with E-state index in [9.17, 15) is 0 Å². The predicted molar refractivity (Wildman–Crippen MR) is 57.9 cm³/mol. The zero-order chi connectivity index (χ0) is 9.68. The van der Waals surface area contributed by atoms with Gasteiger partial charge in [0.05, 0.1) is 0 Å². The molecule has 1 heteroatoms. The van der Waals surface area contributed by atoms with Crippen LogP contribution in [0.1, 0.15) is 12.0 Å². The fourth-order valence-corrected chi connectivity index (χ4v) is 1.18. The van der Waals surface area contributed by atoms with Gasteiger partial charge in [0.25, 0.3) is 0 Å². The molecule has 1 nitrogen and oxygen atoms in total. The highest BCUT2D eigenvalue weighted by Crippen LogP contribution is 2.12. The zero-order valence-corrected chi connectivity index (χ0v) is 8.25. The lowest BCUT2D eigenvalue weighted by atomic mass is 10.1. The van der Waals surface area contributed by atoms with Crippen LogP contribution in [0.3, 0.4) is 0 Å². The van der Waals surface area contributed by atoms with Crippen molar-refractivity contribution in [3.63, 3.8) is 0 Å². The largest absolute Gasteiger partial charge is 0.378 e. The maximum atomic E-state index is 5.20. The van der Waals surface area contributed by atoms with Crippen LogP contribution in [0.5, 0.6) is 0 Å². The molecule has 0 fully saturated rings. The topological polar surface area (TPSA) is 3.24 Å². The summed E-state index contributed by atoms with van der Waals surface area (Å²) in [6.07, 6.45) is 6.99. The average Bonchev–Trinajstić information content (AvgIpc) is 2.15. The minimum atomic E-state index is 0.821. The van der Waals surface area contributed by atoms with Crippen molar-refractivity contribution in [2.75, 3.05) is 19.0 Å². The molecule has 1 aromatic rings. The Morgan fingerprint density at radius 2 is 1.85 bits per heavy atom. The second kappa shape index (κ2) is 4.57. The molecule has 1 aromatic carbocycles. The van der Waals surface area contributed by atoms with Crippen LogP contribution in [0, 0.1) is 12.3 Å². The first-order valence-corrected chi connectivity index (χ1v) is 4.44. The summed E-state index contributed by atoms with van der Waals surface area (Å²) in [5, 5.41) is 0. The fraction of sp³-hybridized carbons (Fsp3) is 0.333. The van der Waals surface area contributed by atoms with Crippen molar-refractivity contribution < 1.29 is 0 Å². The van der Waals surface area contributed by atoms with Gasteiger partial charge in [0.15, 0.2) is 0 Å². The highest BCUT2D eigenvalue weighted by Gasteiger charge is 1.94. The summed E-state index contributed by atoms with van der Waals surface area (Å²) >= 11 is 0. The Kier molecular flexibility index (Phi) is 3.40. The number of hydrogen-bond donors (Lipinski definition) is 0. The van der Waals surface area contributed by atoms with E-state index in [-0.39, 0.29) is 0 Å². The molecule has 0 radical (unpaired) electrons. The molecule has 1 rings (SSSR count). The molecule has 0 heterocycles. The predicted octanol–water partition coefficient (Wildman–Crippen LogP) is 2.32. The van der Waals surface area contributed by atoms with Gasteiger partial charge in [0, 0.05) is 26.2 Å². The first-order valence-electron chi connectivity index (χ1n) is 4.44. The smallest absolute Gasteiger partial charge is 0.0361 e.